The molecular weight excluding hydrogens is 376 g/mol. The average Bonchev–Trinajstić information content (AvgIpc) is 3.40. The van der Waals surface area contributed by atoms with Gasteiger partial charge in [-0.1, -0.05) is 25.0 Å². The molecule has 3 aliphatic rings. The molecule has 0 N–H and O–H groups in total. The molecule has 5 rings (SSSR count). The Morgan fingerprint density at radius 2 is 1.73 bits per heavy atom. The molecule has 1 aliphatic carbocycles. The van der Waals surface area contributed by atoms with Crippen LogP contribution in [0.3, 0.4) is 0 Å². The summed E-state index contributed by atoms with van der Waals surface area (Å²) >= 11 is 0. The average molecular weight is 411 g/mol. The van der Waals surface area contributed by atoms with Gasteiger partial charge in [-0.15, -0.1) is 0 Å². The smallest absolute Gasteiger partial charge is 0.227 e. The molecule has 2 aliphatic heterocycles. The summed E-state index contributed by atoms with van der Waals surface area (Å²) in [7, 11) is 0. The highest BCUT2D eigenvalue weighted by molar-refractivity contribution is 5.81. The molecule has 6 nitrogen and oxygen atoms in total. The third-order valence-corrected chi connectivity index (χ3v) is 7.05. The van der Waals surface area contributed by atoms with Crippen molar-refractivity contribution in [1.29, 1.82) is 0 Å². The van der Waals surface area contributed by atoms with Crippen LogP contribution in [-0.2, 0) is 9.53 Å². The topological polar surface area (TPSA) is 50.6 Å². The molecule has 1 aromatic carbocycles. The maximum atomic E-state index is 13.4. The third-order valence-electron chi connectivity index (χ3n) is 7.05. The van der Waals surface area contributed by atoms with Crippen LogP contribution in [0.1, 0.15) is 58.4 Å². The molecule has 0 spiro atoms. The van der Waals surface area contributed by atoms with Gasteiger partial charge in [0.2, 0.25) is 11.9 Å². The number of morpholine rings is 1. The number of piperidine rings is 1. The van der Waals surface area contributed by atoms with Crippen LogP contribution in [0, 0.1) is 5.92 Å². The van der Waals surface area contributed by atoms with Crippen molar-refractivity contribution in [3.05, 3.63) is 24.3 Å². The molecule has 1 amide bonds. The lowest BCUT2D eigenvalue weighted by atomic mass is 9.96. The predicted molar refractivity (Wildman–Crippen MR) is 119 cm³/mol. The standard InChI is InChI=1S/C24H34N4O2/c1-17-14-27(15-18(2)30-17)23(29)19-8-7-13-26(16-19)24-25-21-11-5-6-12-22(21)28(24)20-9-3-4-10-20/h5-6,11-12,17-20H,3-4,7-10,13-16H2,1-2H3/t17-,18+,19-/m0/s1. The molecular formula is C24H34N4O2. The molecule has 3 fully saturated rings. The van der Waals surface area contributed by atoms with Gasteiger partial charge in [-0.05, 0) is 51.7 Å². The van der Waals surface area contributed by atoms with Gasteiger partial charge in [0.1, 0.15) is 0 Å². The molecule has 3 atom stereocenters. The molecule has 3 heterocycles. The molecule has 0 bridgehead atoms. The SMILES string of the molecule is C[C@@H]1CN(C(=O)[C@H]2CCCN(c3nc4ccccc4n3C3CCCC3)C2)C[C@H](C)O1. The fourth-order valence-corrected chi connectivity index (χ4v) is 5.75. The minimum absolute atomic E-state index is 0.0492. The van der Waals surface area contributed by atoms with E-state index >= 15 is 0 Å². The van der Waals surface area contributed by atoms with E-state index in [1.807, 2.05) is 4.90 Å². The summed E-state index contributed by atoms with van der Waals surface area (Å²) < 4.78 is 8.31. The lowest BCUT2D eigenvalue weighted by Crippen LogP contribution is -2.52. The fraction of sp³-hybridized carbons (Fsp3) is 0.667. The van der Waals surface area contributed by atoms with Crippen LogP contribution in [0.5, 0.6) is 0 Å². The number of benzene rings is 1. The summed E-state index contributed by atoms with van der Waals surface area (Å²) in [5.41, 5.74) is 2.31. The molecule has 2 aromatic rings. The summed E-state index contributed by atoms with van der Waals surface area (Å²) in [6.07, 6.45) is 7.29. The molecule has 1 aromatic heterocycles. The quantitative estimate of drug-likeness (QED) is 0.767. The van der Waals surface area contributed by atoms with Gasteiger partial charge in [0.15, 0.2) is 0 Å². The van der Waals surface area contributed by atoms with Gasteiger partial charge in [0.05, 0.1) is 29.2 Å². The lowest BCUT2D eigenvalue weighted by Gasteiger charge is -2.40. The van der Waals surface area contributed by atoms with E-state index in [1.54, 1.807) is 0 Å². The van der Waals surface area contributed by atoms with Crippen LogP contribution >= 0.6 is 0 Å². The van der Waals surface area contributed by atoms with Crippen LogP contribution in [0.2, 0.25) is 0 Å². The van der Waals surface area contributed by atoms with Gasteiger partial charge in [-0.2, -0.15) is 0 Å². The number of ether oxygens (including phenoxy) is 1. The number of para-hydroxylation sites is 2. The van der Waals surface area contributed by atoms with Crippen LogP contribution in [0.25, 0.3) is 11.0 Å². The largest absolute Gasteiger partial charge is 0.372 e. The first-order valence-electron chi connectivity index (χ1n) is 11.8. The van der Waals surface area contributed by atoms with Crippen molar-refractivity contribution in [2.24, 2.45) is 5.92 Å². The minimum Gasteiger partial charge on any atom is -0.372 e. The lowest BCUT2D eigenvalue weighted by molar-refractivity contribution is -0.147. The second-order valence-corrected chi connectivity index (χ2v) is 9.49. The van der Waals surface area contributed by atoms with Gasteiger partial charge in [-0.25, -0.2) is 4.98 Å². The zero-order chi connectivity index (χ0) is 20.7. The van der Waals surface area contributed by atoms with Crippen molar-refractivity contribution in [2.45, 2.75) is 70.6 Å². The number of imidazole rings is 1. The van der Waals surface area contributed by atoms with Gasteiger partial charge in [-0.3, -0.25) is 4.79 Å². The summed E-state index contributed by atoms with van der Waals surface area (Å²) in [4.78, 5) is 22.8. The zero-order valence-electron chi connectivity index (χ0n) is 18.3. The normalized spacial score (nSPS) is 28.4. The van der Waals surface area contributed by atoms with E-state index in [4.69, 9.17) is 9.72 Å². The number of aromatic nitrogens is 2. The number of carbonyl (C=O) groups excluding carboxylic acids is 1. The number of amides is 1. The summed E-state index contributed by atoms with van der Waals surface area (Å²) in [5.74, 6) is 1.42. The van der Waals surface area contributed by atoms with Crippen molar-refractivity contribution >= 4 is 22.9 Å². The van der Waals surface area contributed by atoms with Crippen molar-refractivity contribution in [3.63, 3.8) is 0 Å². The molecule has 162 valence electrons. The molecule has 0 unspecified atom stereocenters. The van der Waals surface area contributed by atoms with E-state index in [-0.39, 0.29) is 18.1 Å². The molecule has 30 heavy (non-hydrogen) atoms. The van der Waals surface area contributed by atoms with Crippen LogP contribution in [0.4, 0.5) is 5.95 Å². The molecule has 6 heteroatoms. The third kappa shape index (κ3) is 3.70. The maximum Gasteiger partial charge on any atom is 0.227 e. The second-order valence-electron chi connectivity index (χ2n) is 9.49. The number of anilines is 1. The highest BCUT2D eigenvalue weighted by Crippen LogP contribution is 2.37. The summed E-state index contributed by atoms with van der Waals surface area (Å²) in [6.45, 7) is 7.30. The number of nitrogens with zero attached hydrogens (tertiary/aromatic N) is 4. The van der Waals surface area contributed by atoms with E-state index in [0.29, 0.717) is 25.0 Å². The Hall–Kier alpha value is -2.08. The van der Waals surface area contributed by atoms with Crippen molar-refractivity contribution < 1.29 is 9.53 Å². The zero-order valence-corrected chi connectivity index (χ0v) is 18.3. The summed E-state index contributed by atoms with van der Waals surface area (Å²) in [6, 6.07) is 9.04. The maximum absolute atomic E-state index is 13.4. The summed E-state index contributed by atoms with van der Waals surface area (Å²) in [5, 5.41) is 0. The van der Waals surface area contributed by atoms with Crippen molar-refractivity contribution in [1.82, 2.24) is 14.5 Å². The second kappa shape index (κ2) is 8.22. The van der Waals surface area contributed by atoms with E-state index in [9.17, 15) is 4.79 Å². The van der Waals surface area contributed by atoms with Crippen LogP contribution in [0.15, 0.2) is 24.3 Å². The predicted octanol–water partition coefficient (Wildman–Crippen LogP) is 4.00. The Morgan fingerprint density at radius 3 is 2.50 bits per heavy atom. The van der Waals surface area contributed by atoms with Crippen LogP contribution in [-0.4, -0.2) is 58.7 Å². The molecule has 0 radical (unpaired) electrons. The first-order valence-corrected chi connectivity index (χ1v) is 11.8. The Kier molecular flexibility index (Phi) is 5.44. The van der Waals surface area contributed by atoms with Gasteiger partial charge in [0.25, 0.3) is 0 Å². The molecule has 1 saturated carbocycles. The molecule has 2 saturated heterocycles. The highest BCUT2D eigenvalue weighted by atomic mass is 16.5. The number of rotatable bonds is 3. The monoisotopic (exact) mass is 410 g/mol. The van der Waals surface area contributed by atoms with Gasteiger partial charge < -0.3 is 19.1 Å². The van der Waals surface area contributed by atoms with E-state index in [1.165, 1.54) is 31.2 Å². The Labute approximate surface area is 179 Å². The Morgan fingerprint density at radius 1 is 1.00 bits per heavy atom. The van der Waals surface area contributed by atoms with E-state index in [0.717, 1.165) is 37.4 Å². The van der Waals surface area contributed by atoms with Crippen molar-refractivity contribution in [2.75, 3.05) is 31.1 Å². The highest BCUT2D eigenvalue weighted by Gasteiger charge is 2.35. The first kappa shape index (κ1) is 19.9. The van der Waals surface area contributed by atoms with Gasteiger partial charge in [0, 0.05) is 32.2 Å². The van der Waals surface area contributed by atoms with E-state index < -0.39 is 0 Å². The first-order chi connectivity index (χ1) is 14.6. The number of hydrogen-bond acceptors (Lipinski definition) is 4. The van der Waals surface area contributed by atoms with Gasteiger partial charge >= 0.3 is 0 Å². The fourth-order valence-electron chi connectivity index (χ4n) is 5.75. The number of hydrogen-bond donors (Lipinski definition) is 0. The number of carbonyl (C=O) groups is 1. The number of fused-ring (bicyclic) bond motifs is 1. The van der Waals surface area contributed by atoms with E-state index in [2.05, 4.69) is 47.6 Å². The van der Waals surface area contributed by atoms with Crippen LogP contribution < -0.4 is 4.90 Å². The van der Waals surface area contributed by atoms with Crippen molar-refractivity contribution in [3.8, 4) is 0 Å². The Bertz CT molecular complexity index is 894. The minimum atomic E-state index is 0.0492. The Balaban J connectivity index is 1.40.